The van der Waals surface area contributed by atoms with Crippen molar-refractivity contribution in [1.82, 2.24) is 0 Å². The average molecular weight is 214 g/mol. The number of halogens is 1. The molecule has 0 saturated heterocycles. The normalized spacial score (nSPS) is 17.9. The quantitative estimate of drug-likeness (QED) is 0.790. The number of ether oxygens (including phenoxy) is 1. The van der Waals surface area contributed by atoms with Gasteiger partial charge in [0.1, 0.15) is 16.5 Å². The molecule has 0 aliphatic heterocycles. The molecule has 0 amide bonds. The van der Waals surface area contributed by atoms with E-state index in [1.165, 1.54) is 7.11 Å². The second kappa shape index (κ2) is 3.04. The van der Waals surface area contributed by atoms with E-state index in [4.69, 9.17) is 22.1 Å². The van der Waals surface area contributed by atoms with Crippen LogP contribution in [-0.4, -0.2) is 12.2 Å². The van der Waals surface area contributed by atoms with Crippen molar-refractivity contribution in [2.24, 2.45) is 5.73 Å². The predicted molar refractivity (Wildman–Crippen MR) is 54.8 cm³/mol. The van der Waals surface area contributed by atoms with Crippen molar-refractivity contribution in [2.75, 3.05) is 7.11 Å². The smallest absolute Gasteiger partial charge is 0.143 e. The lowest BCUT2D eigenvalue weighted by atomic mass is 10.0. The van der Waals surface area contributed by atoms with Crippen molar-refractivity contribution < 1.29 is 9.84 Å². The molecule has 0 heterocycles. The van der Waals surface area contributed by atoms with Crippen molar-refractivity contribution >= 4 is 11.6 Å². The summed E-state index contributed by atoms with van der Waals surface area (Å²) in [6.45, 7) is 0. The summed E-state index contributed by atoms with van der Waals surface area (Å²) in [5.41, 5.74) is 6.31. The predicted octanol–water partition coefficient (Wildman–Crippen LogP) is 2.00. The standard InChI is InChI=1S/C10H12ClNO2/c1-14-7-3-2-6(9(13)8(7)11)10(12)4-5-10/h2-3,13H,4-5,12H2,1H3. The van der Waals surface area contributed by atoms with Crippen LogP contribution in [-0.2, 0) is 5.54 Å². The third-order valence-corrected chi connectivity index (χ3v) is 2.99. The van der Waals surface area contributed by atoms with Crippen LogP contribution in [0.15, 0.2) is 12.1 Å². The maximum Gasteiger partial charge on any atom is 0.143 e. The van der Waals surface area contributed by atoms with Crippen LogP contribution in [0.5, 0.6) is 11.5 Å². The van der Waals surface area contributed by atoms with Crippen LogP contribution in [0.4, 0.5) is 0 Å². The summed E-state index contributed by atoms with van der Waals surface area (Å²) in [6, 6.07) is 3.50. The SMILES string of the molecule is COc1ccc(C2(N)CC2)c(O)c1Cl. The third-order valence-electron chi connectivity index (χ3n) is 2.63. The topological polar surface area (TPSA) is 55.5 Å². The lowest BCUT2D eigenvalue weighted by Gasteiger charge is -2.14. The van der Waals surface area contributed by atoms with E-state index < -0.39 is 0 Å². The first kappa shape index (κ1) is 9.62. The molecule has 1 aliphatic carbocycles. The monoisotopic (exact) mass is 213 g/mol. The van der Waals surface area contributed by atoms with Gasteiger partial charge in [0, 0.05) is 11.1 Å². The highest BCUT2D eigenvalue weighted by Gasteiger charge is 2.42. The highest BCUT2D eigenvalue weighted by Crippen LogP contribution is 2.49. The molecule has 2 rings (SSSR count). The first-order valence-corrected chi connectivity index (χ1v) is 4.81. The van der Waals surface area contributed by atoms with Crippen molar-refractivity contribution in [3.63, 3.8) is 0 Å². The minimum atomic E-state index is -0.375. The Kier molecular flexibility index (Phi) is 2.09. The Morgan fingerprint density at radius 1 is 1.50 bits per heavy atom. The van der Waals surface area contributed by atoms with Gasteiger partial charge in [-0.25, -0.2) is 0 Å². The van der Waals surface area contributed by atoms with Gasteiger partial charge < -0.3 is 15.6 Å². The molecule has 1 fully saturated rings. The summed E-state index contributed by atoms with van der Waals surface area (Å²) in [6.07, 6.45) is 1.78. The first-order chi connectivity index (χ1) is 6.58. The van der Waals surface area contributed by atoms with Crippen molar-refractivity contribution in [3.8, 4) is 11.5 Å². The van der Waals surface area contributed by atoms with Gasteiger partial charge in [-0.1, -0.05) is 11.6 Å². The Morgan fingerprint density at radius 2 is 2.14 bits per heavy atom. The number of benzene rings is 1. The van der Waals surface area contributed by atoms with E-state index in [2.05, 4.69) is 0 Å². The van der Waals surface area contributed by atoms with E-state index in [9.17, 15) is 5.11 Å². The molecule has 0 atom stereocenters. The molecule has 4 heteroatoms. The van der Waals surface area contributed by atoms with E-state index in [0.717, 1.165) is 12.8 Å². The lowest BCUT2D eigenvalue weighted by molar-refractivity contribution is 0.405. The molecule has 3 N–H and O–H groups in total. The molecule has 0 unspecified atom stereocenters. The van der Waals surface area contributed by atoms with Gasteiger partial charge in [-0.15, -0.1) is 0 Å². The number of rotatable bonds is 2. The van der Waals surface area contributed by atoms with Gasteiger partial charge in [-0.05, 0) is 25.0 Å². The molecule has 1 aromatic rings. The van der Waals surface area contributed by atoms with Gasteiger partial charge >= 0.3 is 0 Å². The summed E-state index contributed by atoms with van der Waals surface area (Å²) in [4.78, 5) is 0. The average Bonchev–Trinajstić information content (AvgIpc) is 2.89. The molecular formula is C10H12ClNO2. The van der Waals surface area contributed by atoms with Gasteiger partial charge in [-0.2, -0.15) is 0 Å². The summed E-state index contributed by atoms with van der Waals surface area (Å²) in [5.74, 6) is 0.517. The molecule has 76 valence electrons. The van der Waals surface area contributed by atoms with E-state index in [1.807, 2.05) is 0 Å². The highest BCUT2D eigenvalue weighted by molar-refractivity contribution is 6.33. The second-order valence-corrected chi connectivity index (χ2v) is 4.01. The van der Waals surface area contributed by atoms with E-state index in [-0.39, 0.29) is 16.3 Å². The van der Waals surface area contributed by atoms with Crippen LogP contribution in [0, 0.1) is 0 Å². The molecule has 1 aromatic carbocycles. The molecule has 1 aliphatic rings. The number of aromatic hydroxyl groups is 1. The number of hydrogen-bond donors (Lipinski definition) is 2. The minimum Gasteiger partial charge on any atom is -0.506 e. The third kappa shape index (κ3) is 1.33. The lowest BCUT2D eigenvalue weighted by Crippen LogP contribution is -2.18. The molecule has 0 spiro atoms. The fourth-order valence-electron chi connectivity index (χ4n) is 1.51. The van der Waals surface area contributed by atoms with E-state index >= 15 is 0 Å². The second-order valence-electron chi connectivity index (χ2n) is 3.63. The summed E-state index contributed by atoms with van der Waals surface area (Å²) < 4.78 is 4.98. The summed E-state index contributed by atoms with van der Waals surface area (Å²) in [5, 5.41) is 10.0. The number of hydrogen-bond acceptors (Lipinski definition) is 3. The van der Waals surface area contributed by atoms with Crippen LogP contribution >= 0.6 is 11.6 Å². The maximum atomic E-state index is 9.79. The molecule has 0 radical (unpaired) electrons. The fourth-order valence-corrected chi connectivity index (χ4v) is 1.75. The van der Waals surface area contributed by atoms with E-state index in [1.54, 1.807) is 12.1 Å². The van der Waals surface area contributed by atoms with Crippen molar-refractivity contribution in [3.05, 3.63) is 22.7 Å². The Bertz CT molecular complexity index is 375. The maximum absolute atomic E-state index is 9.79. The van der Waals surface area contributed by atoms with Crippen LogP contribution in [0.2, 0.25) is 5.02 Å². The molecule has 3 nitrogen and oxygen atoms in total. The number of methoxy groups -OCH3 is 1. The first-order valence-electron chi connectivity index (χ1n) is 4.43. The largest absolute Gasteiger partial charge is 0.506 e. The zero-order chi connectivity index (χ0) is 10.3. The van der Waals surface area contributed by atoms with Crippen molar-refractivity contribution in [1.29, 1.82) is 0 Å². The summed E-state index contributed by atoms with van der Waals surface area (Å²) in [7, 11) is 1.51. The van der Waals surface area contributed by atoms with Gasteiger partial charge in [0.2, 0.25) is 0 Å². The van der Waals surface area contributed by atoms with Gasteiger partial charge in [0.15, 0.2) is 0 Å². The molecule has 0 bridgehead atoms. The van der Waals surface area contributed by atoms with E-state index in [0.29, 0.717) is 11.3 Å². The van der Waals surface area contributed by atoms with Crippen LogP contribution in [0.25, 0.3) is 0 Å². The minimum absolute atomic E-state index is 0.0472. The zero-order valence-electron chi connectivity index (χ0n) is 7.88. The molecular weight excluding hydrogens is 202 g/mol. The van der Waals surface area contributed by atoms with Crippen LogP contribution < -0.4 is 10.5 Å². The highest BCUT2D eigenvalue weighted by atomic mass is 35.5. The Balaban J connectivity index is 2.49. The number of phenolic OH excluding ortho intramolecular Hbond substituents is 1. The van der Waals surface area contributed by atoms with Crippen molar-refractivity contribution in [2.45, 2.75) is 18.4 Å². The van der Waals surface area contributed by atoms with Gasteiger partial charge in [0.05, 0.1) is 7.11 Å². The zero-order valence-corrected chi connectivity index (χ0v) is 8.64. The Hall–Kier alpha value is -0.930. The van der Waals surface area contributed by atoms with Gasteiger partial charge in [0.25, 0.3) is 0 Å². The molecule has 14 heavy (non-hydrogen) atoms. The fraction of sp³-hybridized carbons (Fsp3) is 0.400. The van der Waals surface area contributed by atoms with Crippen LogP contribution in [0.1, 0.15) is 18.4 Å². The summed E-state index contributed by atoms with van der Waals surface area (Å²) >= 11 is 5.90. The Morgan fingerprint density at radius 3 is 2.64 bits per heavy atom. The number of phenols is 1. The molecule has 1 saturated carbocycles. The van der Waals surface area contributed by atoms with Crippen LogP contribution in [0.3, 0.4) is 0 Å². The number of nitrogens with two attached hydrogens (primary N) is 1. The Labute approximate surface area is 87.4 Å². The van der Waals surface area contributed by atoms with Gasteiger partial charge in [-0.3, -0.25) is 0 Å². The molecule has 0 aromatic heterocycles.